The van der Waals surface area contributed by atoms with Crippen molar-refractivity contribution < 1.29 is 23.1 Å². The zero-order valence-electron chi connectivity index (χ0n) is 14.3. The van der Waals surface area contributed by atoms with Crippen molar-refractivity contribution in [1.29, 1.82) is 0 Å². The van der Waals surface area contributed by atoms with Gasteiger partial charge in [-0.3, -0.25) is 9.69 Å². The molecule has 0 unspecified atom stereocenters. The number of aliphatic hydroxyl groups excluding tert-OH is 1. The third kappa shape index (κ3) is 2.77. The summed E-state index contributed by atoms with van der Waals surface area (Å²) in [5, 5.41) is 10.4. The van der Waals surface area contributed by atoms with E-state index in [1.165, 1.54) is 12.1 Å². The molecule has 1 amide bonds. The van der Waals surface area contributed by atoms with E-state index in [1.54, 1.807) is 19.9 Å². The number of nitrogens with two attached hydrogens (primary N) is 1. The molecule has 2 aromatic rings. The van der Waals surface area contributed by atoms with E-state index in [2.05, 4.69) is 0 Å². The number of aliphatic hydroxyl groups is 1. The Morgan fingerprint density at radius 2 is 1.77 bits per heavy atom. The van der Waals surface area contributed by atoms with E-state index in [-0.39, 0.29) is 17.8 Å². The van der Waals surface area contributed by atoms with Crippen molar-refractivity contribution in [2.24, 2.45) is 5.73 Å². The lowest BCUT2D eigenvalue weighted by Gasteiger charge is -2.33. The summed E-state index contributed by atoms with van der Waals surface area (Å²) in [4.78, 5) is 14.1. The van der Waals surface area contributed by atoms with Crippen LogP contribution in [0.2, 0.25) is 0 Å². The number of hydrogen-bond acceptors (Lipinski definition) is 3. The Kier molecular flexibility index (Phi) is 4.54. The third-order valence-corrected chi connectivity index (χ3v) is 4.77. The molecule has 0 bridgehead atoms. The predicted octanol–water partition coefficient (Wildman–Crippen LogP) is 2.79. The van der Waals surface area contributed by atoms with Crippen molar-refractivity contribution in [3.63, 3.8) is 0 Å². The number of para-hydroxylation sites is 1. The molecule has 2 aromatic carbocycles. The first-order valence-electron chi connectivity index (χ1n) is 8.15. The first-order valence-corrected chi connectivity index (χ1v) is 8.15. The molecule has 0 saturated carbocycles. The van der Waals surface area contributed by atoms with Crippen LogP contribution in [-0.2, 0) is 10.2 Å². The van der Waals surface area contributed by atoms with E-state index >= 15 is 0 Å². The molecule has 0 fully saturated rings. The lowest BCUT2D eigenvalue weighted by Crippen LogP contribution is -2.45. The minimum Gasteiger partial charge on any atom is -0.389 e. The average Bonchev–Trinajstić information content (AvgIpc) is 2.76. The van der Waals surface area contributed by atoms with Gasteiger partial charge in [-0.1, -0.05) is 12.1 Å². The number of rotatable bonds is 4. The highest BCUT2D eigenvalue weighted by molar-refractivity contribution is 6.08. The van der Waals surface area contributed by atoms with Crippen LogP contribution in [0.1, 0.15) is 31.0 Å². The molecule has 1 heterocycles. The van der Waals surface area contributed by atoms with Crippen molar-refractivity contribution in [2.45, 2.75) is 31.4 Å². The molecule has 26 heavy (non-hydrogen) atoms. The molecule has 3 N–H and O–H groups in total. The lowest BCUT2D eigenvalue weighted by molar-refractivity contribution is -0.123. The molecule has 1 aliphatic rings. The number of carbonyl (C=O) groups excluding carboxylic acids is 1. The fourth-order valence-electron chi connectivity index (χ4n) is 3.47. The Hall–Kier alpha value is -2.38. The molecular formula is C19H19F3N2O2. The number of fused-ring (bicyclic) bond motifs is 1. The molecule has 1 aliphatic heterocycles. The summed E-state index contributed by atoms with van der Waals surface area (Å²) < 4.78 is 42.1. The Labute approximate surface area is 149 Å². The van der Waals surface area contributed by atoms with Gasteiger partial charge in [0.25, 0.3) is 0 Å². The zero-order valence-corrected chi connectivity index (χ0v) is 14.3. The number of nitrogens with zero attached hydrogens (tertiary/aromatic N) is 1. The number of benzene rings is 2. The normalized spacial score (nSPS) is 18.0. The number of hydrogen-bond donors (Lipinski definition) is 2. The predicted molar refractivity (Wildman–Crippen MR) is 91.1 cm³/mol. The fraction of sp³-hybridized carbons (Fsp3) is 0.316. The van der Waals surface area contributed by atoms with Crippen LogP contribution < -0.4 is 10.6 Å². The first kappa shape index (κ1) is 18.4. The van der Waals surface area contributed by atoms with Gasteiger partial charge in [-0.15, -0.1) is 0 Å². The molecule has 0 radical (unpaired) electrons. The summed E-state index contributed by atoms with van der Waals surface area (Å²) in [7, 11) is 0. The quantitative estimate of drug-likeness (QED) is 0.877. The Balaban J connectivity index is 2.24. The average molecular weight is 364 g/mol. The summed E-state index contributed by atoms with van der Waals surface area (Å²) >= 11 is 0. The van der Waals surface area contributed by atoms with Crippen LogP contribution in [0.5, 0.6) is 0 Å². The van der Waals surface area contributed by atoms with Crippen molar-refractivity contribution in [1.82, 2.24) is 0 Å². The van der Waals surface area contributed by atoms with Crippen LogP contribution in [0, 0.1) is 17.5 Å². The maximum absolute atomic E-state index is 14.6. The smallest absolute Gasteiger partial charge is 0.237 e. The van der Waals surface area contributed by atoms with Crippen LogP contribution in [0.4, 0.5) is 18.9 Å². The van der Waals surface area contributed by atoms with Crippen LogP contribution in [-0.4, -0.2) is 23.7 Å². The minimum absolute atomic E-state index is 0.000651. The van der Waals surface area contributed by atoms with Gasteiger partial charge >= 0.3 is 0 Å². The molecule has 7 heteroatoms. The van der Waals surface area contributed by atoms with E-state index in [0.717, 1.165) is 17.0 Å². The van der Waals surface area contributed by atoms with Gasteiger partial charge in [0.1, 0.15) is 17.5 Å². The van der Waals surface area contributed by atoms with Gasteiger partial charge in [-0.2, -0.15) is 0 Å². The van der Waals surface area contributed by atoms with Gasteiger partial charge in [0.05, 0.1) is 23.2 Å². The van der Waals surface area contributed by atoms with E-state index in [4.69, 9.17) is 5.73 Å². The Bertz CT molecular complexity index is 850. The molecule has 0 spiro atoms. The molecule has 4 nitrogen and oxygen atoms in total. The minimum atomic E-state index is -1.35. The van der Waals surface area contributed by atoms with Crippen LogP contribution in [0.25, 0.3) is 0 Å². The number of carbonyl (C=O) groups is 1. The molecular weight excluding hydrogens is 345 g/mol. The van der Waals surface area contributed by atoms with Crippen LogP contribution >= 0.6 is 0 Å². The van der Waals surface area contributed by atoms with Gasteiger partial charge in [0.15, 0.2) is 0 Å². The first-order chi connectivity index (χ1) is 12.2. The fourth-order valence-corrected chi connectivity index (χ4v) is 3.47. The second-order valence-electron chi connectivity index (χ2n) is 6.89. The van der Waals surface area contributed by atoms with E-state index in [9.17, 15) is 23.1 Å². The van der Waals surface area contributed by atoms with Gasteiger partial charge in [-0.05, 0) is 43.2 Å². The second-order valence-corrected chi connectivity index (χ2v) is 6.89. The molecule has 2 atom stereocenters. The monoisotopic (exact) mass is 364 g/mol. The Morgan fingerprint density at radius 1 is 1.15 bits per heavy atom. The number of halogens is 3. The van der Waals surface area contributed by atoms with Gasteiger partial charge in [0, 0.05) is 12.6 Å². The lowest BCUT2D eigenvalue weighted by atomic mass is 9.86. The summed E-state index contributed by atoms with van der Waals surface area (Å²) in [5.74, 6) is -2.88. The summed E-state index contributed by atoms with van der Waals surface area (Å²) in [6, 6.07) is 5.77. The van der Waals surface area contributed by atoms with E-state index in [0.29, 0.717) is 11.6 Å². The highest BCUT2D eigenvalue weighted by Gasteiger charge is 2.49. The molecule has 0 saturated heterocycles. The maximum Gasteiger partial charge on any atom is 0.237 e. The molecule has 0 aromatic heterocycles. The van der Waals surface area contributed by atoms with Crippen molar-refractivity contribution in [3.05, 3.63) is 65.0 Å². The van der Waals surface area contributed by atoms with Crippen molar-refractivity contribution >= 4 is 11.6 Å². The summed E-state index contributed by atoms with van der Waals surface area (Å²) in [6.45, 7) is 2.98. The van der Waals surface area contributed by atoms with Gasteiger partial charge in [0.2, 0.25) is 5.91 Å². The Morgan fingerprint density at radius 3 is 2.35 bits per heavy atom. The largest absolute Gasteiger partial charge is 0.389 e. The third-order valence-electron chi connectivity index (χ3n) is 4.77. The zero-order chi connectivity index (χ0) is 19.2. The van der Waals surface area contributed by atoms with Crippen molar-refractivity contribution in [2.75, 3.05) is 11.4 Å². The van der Waals surface area contributed by atoms with Gasteiger partial charge < -0.3 is 10.8 Å². The van der Waals surface area contributed by atoms with Crippen molar-refractivity contribution in [3.8, 4) is 0 Å². The second kappa shape index (κ2) is 6.41. The molecule has 0 aliphatic carbocycles. The number of amides is 1. The summed E-state index contributed by atoms with van der Waals surface area (Å²) in [6.07, 6.45) is -1.35. The maximum atomic E-state index is 14.6. The highest BCUT2D eigenvalue weighted by Crippen LogP contribution is 2.47. The highest BCUT2D eigenvalue weighted by atomic mass is 19.1. The van der Waals surface area contributed by atoms with Gasteiger partial charge in [-0.25, -0.2) is 13.2 Å². The van der Waals surface area contributed by atoms with Crippen LogP contribution in [0.15, 0.2) is 36.4 Å². The van der Waals surface area contributed by atoms with E-state index < -0.39 is 40.9 Å². The number of anilines is 1. The van der Waals surface area contributed by atoms with Crippen LogP contribution in [0.3, 0.4) is 0 Å². The summed E-state index contributed by atoms with van der Waals surface area (Å²) in [5.41, 5.74) is 4.93. The topological polar surface area (TPSA) is 66.6 Å². The van der Waals surface area contributed by atoms with E-state index in [1.807, 2.05) is 0 Å². The SMILES string of the molecule is CC1(C)C(=O)N([C@@H](c2cc(F)cc(F)c2)[C@H](O)CN)c2c(F)cccc21. The molecule has 138 valence electrons. The standard InChI is InChI=1S/C19H19F3N2O2/c1-19(2)13-4-3-5-14(22)17(13)24(18(19)26)16(15(25)9-23)10-6-11(20)8-12(21)7-10/h3-8,15-16,25H,9,23H2,1-2H3/t15-,16+/m1/s1. The molecule has 3 rings (SSSR count).